The molecule has 0 amide bonds. The predicted molar refractivity (Wildman–Crippen MR) is 129 cm³/mol. The fourth-order valence-electron chi connectivity index (χ4n) is 3.02. The Labute approximate surface area is 207 Å². The van der Waals surface area contributed by atoms with Crippen molar-refractivity contribution in [2.24, 2.45) is 0 Å². The summed E-state index contributed by atoms with van der Waals surface area (Å²) >= 11 is 0. The van der Waals surface area contributed by atoms with Crippen LogP contribution in [-0.2, 0) is 21.7 Å². The maximum atomic E-state index is 4.54. The average Bonchev–Trinajstić information content (AvgIpc) is 1.96. The van der Waals surface area contributed by atoms with Crippen molar-refractivity contribution in [2.75, 3.05) is 0 Å². The van der Waals surface area contributed by atoms with Crippen molar-refractivity contribution in [1.82, 2.24) is 0 Å². The van der Waals surface area contributed by atoms with E-state index in [0.29, 0.717) is 0 Å². The Balaban J connectivity index is -0.0000000960. The number of hydrogen-bond acceptors (Lipinski definition) is 0. The molecule has 0 rings (SSSR count). The molecule has 0 atom stereocenters. The molecule has 0 aromatic rings. The van der Waals surface area contributed by atoms with E-state index < -0.39 is 0 Å². The van der Waals surface area contributed by atoms with E-state index in [0.717, 1.165) is 0 Å². The molecule has 0 bridgehead atoms. The fourth-order valence-corrected chi connectivity index (χ4v) is 3.02. The summed E-state index contributed by atoms with van der Waals surface area (Å²) in [7, 11) is 0. The van der Waals surface area contributed by atoms with Crippen molar-refractivity contribution in [1.29, 1.82) is 0 Å². The molecule has 0 aromatic carbocycles. The molecule has 0 aliphatic heterocycles. The standard InChI is InChI=1S/3C8H18N.ClH.Ti/c3*1-7(2,3)9-8(4,5)6;;/h3*1-6H3;1H;/q3*-1;;+3/p-1. The third kappa shape index (κ3) is 58.5. The van der Waals surface area contributed by atoms with E-state index in [-0.39, 0.29) is 67.4 Å². The maximum Gasteiger partial charge on any atom is 3.00 e. The minimum absolute atomic E-state index is 0. The zero-order valence-electron chi connectivity index (χ0n) is 23.2. The van der Waals surface area contributed by atoms with Crippen LogP contribution in [0.4, 0.5) is 0 Å². The monoisotopic (exact) mass is 467 g/mol. The van der Waals surface area contributed by atoms with E-state index in [2.05, 4.69) is 141 Å². The van der Waals surface area contributed by atoms with Gasteiger partial charge >= 0.3 is 21.7 Å². The Morgan fingerprint density at radius 3 is 0.345 bits per heavy atom. The summed E-state index contributed by atoms with van der Waals surface area (Å²) in [6.45, 7) is 38.2. The van der Waals surface area contributed by atoms with Crippen molar-refractivity contribution >= 4 is 0 Å². The first-order chi connectivity index (χ1) is 11.1. The van der Waals surface area contributed by atoms with E-state index in [4.69, 9.17) is 0 Å². The first-order valence-electron chi connectivity index (χ1n) is 10.3. The average molecular weight is 468 g/mol. The Bertz CT molecular complexity index is 283. The van der Waals surface area contributed by atoms with Crippen LogP contribution in [0.15, 0.2) is 0 Å². The van der Waals surface area contributed by atoms with Gasteiger partial charge in [0.15, 0.2) is 0 Å². The van der Waals surface area contributed by atoms with Crippen molar-refractivity contribution in [3.05, 3.63) is 16.0 Å². The van der Waals surface area contributed by atoms with Gasteiger partial charge in [-0.05, 0) is 0 Å². The first-order valence-corrected chi connectivity index (χ1v) is 10.3. The van der Waals surface area contributed by atoms with Gasteiger partial charge in [-0.3, -0.25) is 0 Å². The number of halogens is 1. The Morgan fingerprint density at radius 1 is 0.276 bits per heavy atom. The zero-order valence-corrected chi connectivity index (χ0v) is 25.5. The third-order valence-electron chi connectivity index (χ3n) is 2.01. The summed E-state index contributed by atoms with van der Waals surface area (Å²) in [5, 5.41) is 13.6. The topological polar surface area (TPSA) is 42.3 Å². The number of nitrogens with zero attached hydrogens (tertiary/aromatic N) is 3. The van der Waals surface area contributed by atoms with Crippen LogP contribution >= 0.6 is 0 Å². The van der Waals surface area contributed by atoms with Gasteiger partial charge in [-0.2, -0.15) is 0 Å². The summed E-state index contributed by atoms with van der Waals surface area (Å²) in [6.07, 6.45) is 0. The fraction of sp³-hybridized carbons (Fsp3) is 1.00. The van der Waals surface area contributed by atoms with Gasteiger partial charge in [-0.25, -0.2) is 0 Å². The zero-order chi connectivity index (χ0) is 23.1. The number of rotatable bonds is 0. The minimum atomic E-state index is 0. The van der Waals surface area contributed by atoms with Crippen molar-refractivity contribution in [2.45, 2.75) is 158 Å². The Kier molecular flexibility index (Phi) is 19.6. The van der Waals surface area contributed by atoms with Crippen molar-refractivity contribution in [3.63, 3.8) is 0 Å². The molecule has 0 unspecified atom stereocenters. The normalized spacial score (nSPS) is 13.0. The molecule has 0 saturated heterocycles. The van der Waals surface area contributed by atoms with Gasteiger partial charge < -0.3 is 28.4 Å². The molecule has 0 saturated carbocycles. The summed E-state index contributed by atoms with van der Waals surface area (Å²) in [4.78, 5) is 0. The number of hydrogen-bond donors (Lipinski definition) is 0. The second kappa shape index (κ2) is 14.1. The van der Waals surface area contributed by atoms with Crippen LogP contribution in [0.5, 0.6) is 0 Å². The van der Waals surface area contributed by atoms with Gasteiger partial charge in [0.25, 0.3) is 0 Å². The smallest absolute Gasteiger partial charge is 1.00 e. The maximum absolute atomic E-state index is 4.54. The van der Waals surface area contributed by atoms with Crippen LogP contribution in [0.3, 0.4) is 0 Å². The molecule has 0 N–H and O–H groups in total. The van der Waals surface area contributed by atoms with Gasteiger partial charge in [0.2, 0.25) is 0 Å². The molecule has 1 radical (unpaired) electrons. The molecule has 3 nitrogen and oxygen atoms in total. The second-order valence-electron chi connectivity index (χ2n) is 13.4. The summed E-state index contributed by atoms with van der Waals surface area (Å²) < 4.78 is 0. The molecule has 0 aromatic heterocycles. The van der Waals surface area contributed by atoms with Gasteiger partial charge in [0.05, 0.1) is 0 Å². The van der Waals surface area contributed by atoms with Crippen LogP contribution in [-0.4, -0.2) is 33.2 Å². The largest absolute Gasteiger partial charge is 3.00 e. The molecule has 0 heterocycles. The summed E-state index contributed by atoms with van der Waals surface area (Å²) in [5.41, 5.74) is 0.656. The van der Waals surface area contributed by atoms with Crippen LogP contribution in [0.1, 0.15) is 125 Å². The van der Waals surface area contributed by atoms with E-state index in [1.165, 1.54) is 0 Å². The third-order valence-corrected chi connectivity index (χ3v) is 2.01. The second-order valence-corrected chi connectivity index (χ2v) is 13.4. The summed E-state index contributed by atoms with van der Waals surface area (Å²) in [6, 6.07) is 0. The van der Waals surface area contributed by atoms with Crippen molar-refractivity contribution in [3.8, 4) is 0 Å². The van der Waals surface area contributed by atoms with Gasteiger partial charge in [0, 0.05) is 0 Å². The van der Waals surface area contributed by atoms with Crippen molar-refractivity contribution < 1.29 is 34.1 Å². The van der Waals surface area contributed by atoms with E-state index in [9.17, 15) is 0 Å². The quantitative estimate of drug-likeness (QED) is 0.400. The molecule has 0 aliphatic carbocycles. The molecule has 0 spiro atoms. The van der Waals surface area contributed by atoms with E-state index in [1.807, 2.05) is 0 Å². The predicted octanol–water partition coefficient (Wildman–Crippen LogP) is 5.87. The summed E-state index contributed by atoms with van der Waals surface area (Å²) in [5.74, 6) is 0. The first kappa shape index (κ1) is 40.3. The van der Waals surface area contributed by atoms with Crippen LogP contribution in [0, 0.1) is 0 Å². The van der Waals surface area contributed by atoms with Gasteiger partial charge in [0.1, 0.15) is 0 Å². The van der Waals surface area contributed by atoms with Gasteiger partial charge in [-0.1, -0.05) is 125 Å². The van der Waals surface area contributed by atoms with Crippen LogP contribution in [0.2, 0.25) is 0 Å². The SMILES string of the molecule is CC(C)(C)[N-]C(C)(C)C.CC(C)(C)[N-]C(C)(C)C.CC(C)(C)[N-]C(C)(C)C.[Cl-].[Ti+3]. The molecule has 5 heteroatoms. The van der Waals surface area contributed by atoms with E-state index >= 15 is 0 Å². The minimum Gasteiger partial charge on any atom is -1.00 e. The van der Waals surface area contributed by atoms with E-state index in [1.54, 1.807) is 0 Å². The Morgan fingerprint density at radius 2 is 0.345 bits per heavy atom. The van der Waals surface area contributed by atoms with Crippen LogP contribution in [0.25, 0.3) is 16.0 Å². The molecule has 0 aliphatic rings. The molecule has 0 fully saturated rings. The molecule has 29 heavy (non-hydrogen) atoms. The molecular formula is C24H54ClN3Ti-. The van der Waals surface area contributed by atoms with Crippen LogP contribution < -0.4 is 12.4 Å². The van der Waals surface area contributed by atoms with Gasteiger partial charge in [-0.15, -0.1) is 33.2 Å². The molecule has 177 valence electrons. The Hall–Kier alpha value is 0.884. The molecular weight excluding hydrogens is 414 g/mol.